The van der Waals surface area contributed by atoms with Gasteiger partial charge in [-0.3, -0.25) is 4.79 Å². The Morgan fingerprint density at radius 3 is 2.25 bits per heavy atom. The number of ketones is 1. The van der Waals surface area contributed by atoms with Crippen LogP contribution in [0.1, 0.15) is 15.9 Å². The molecule has 0 spiro atoms. The fourth-order valence-corrected chi connectivity index (χ4v) is 1.84. The molecule has 5 heteroatoms. The molecule has 2 N–H and O–H groups in total. The van der Waals surface area contributed by atoms with E-state index in [0.717, 1.165) is 6.07 Å². The first-order chi connectivity index (χ1) is 9.56. The van der Waals surface area contributed by atoms with Gasteiger partial charge in [0.1, 0.15) is 23.0 Å². The van der Waals surface area contributed by atoms with E-state index >= 15 is 0 Å². The van der Waals surface area contributed by atoms with Crippen LogP contribution in [0.3, 0.4) is 0 Å². The fraction of sp³-hybridized carbons (Fsp3) is 0.133. The fourth-order valence-electron chi connectivity index (χ4n) is 1.84. The zero-order valence-electron chi connectivity index (χ0n) is 11.1. The third-order valence-corrected chi connectivity index (χ3v) is 2.88. The summed E-state index contributed by atoms with van der Waals surface area (Å²) >= 11 is 0. The molecular formula is C15H14O5. The first-order valence-electron chi connectivity index (χ1n) is 5.85. The molecular weight excluding hydrogens is 260 g/mol. The Morgan fingerprint density at radius 1 is 0.950 bits per heavy atom. The van der Waals surface area contributed by atoms with E-state index in [1.807, 2.05) is 0 Å². The molecule has 0 fully saturated rings. The van der Waals surface area contributed by atoms with Crippen LogP contribution < -0.4 is 9.47 Å². The molecule has 0 saturated heterocycles. The van der Waals surface area contributed by atoms with Crippen LogP contribution in [0.2, 0.25) is 0 Å². The van der Waals surface area contributed by atoms with Gasteiger partial charge in [-0.1, -0.05) is 0 Å². The van der Waals surface area contributed by atoms with E-state index in [-0.39, 0.29) is 17.1 Å². The molecule has 20 heavy (non-hydrogen) atoms. The molecule has 0 amide bonds. The number of aromatic hydroxyl groups is 2. The molecule has 0 atom stereocenters. The molecule has 0 bridgehead atoms. The molecule has 0 aliphatic carbocycles. The number of carbonyl (C=O) groups excluding carboxylic acids is 1. The minimum absolute atomic E-state index is 0.0891. The van der Waals surface area contributed by atoms with E-state index in [1.165, 1.54) is 26.4 Å². The van der Waals surface area contributed by atoms with Gasteiger partial charge in [0.25, 0.3) is 0 Å². The quantitative estimate of drug-likeness (QED) is 0.837. The topological polar surface area (TPSA) is 76.0 Å². The SMILES string of the molecule is COc1ccc(C(=O)c2ccc(O)cc2O)c(OC)c1. The maximum absolute atomic E-state index is 12.4. The van der Waals surface area contributed by atoms with Gasteiger partial charge >= 0.3 is 0 Å². The Bertz CT molecular complexity index is 649. The van der Waals surface area contributed by atoms with Crippen LogP contribution in [0.4, 0.5) is 0 Å². The van der Waals surface area contributed by atoms with Gasteiger partial charge in [-0.25, -0.2) is 0 Å². The monoisotopic (exact) mass is 274 g/mol. The molecule has 0 heterocycles. The second kappa shape index (κ2) is 5.52. The summed E-state index contributed by atoms with van der Waals surface area (Å²) in [7, 11) is 2.96. The van der Waals surface area contributed by atoms with Crippen LogP contribution in [-0.4, -0.2) is 30.2 Å². The number of methoxy groups -OCH3 is 2. The number of phenolic OH excluding ortho intramolecular Hbond substituents is 2. The van der Waals surface area contributed by atoms with Crippen molar-refractivity contribution in [2.45, 2.75) is 0 Å². The van der Waals surface area contributed by atoms with E-state index in [9.17, 15) is 15.0 Å². The van der Waals surface area contributed by atoms with Crippen molar-refractivity contribution >= 4 is 5.78 Å². The Morgan fingerprint density at radius 2 is 1.65 bits per heavy atom. The van der Waals surface area contributed by atoms with Crippen molar-refractivity contribution < 1.29 is 24.5 Å². The van der Waals surface area contributed by atoms with Crippen molar-refractivity contribution in [2.24, 2.45) is 0 Å². The van der Waals surface area contributed by atoms with E-state index in [1.54, 1.807) is 18.2 Å². The summed E-state index contributed by atoms with van der Waals surface area (Å²) in [4.78, 5) is 12.4. The molecule has 2 rings (SSSR count). The molecule has 0 aliphatic rings. The van der Waals surface area contributed by atoms with Crippen LogP contribution >= 0.6 is 0 Å². The number of carbonyl (C=O) groups is 1. The van der Waals surface area contributed by atoms with Crippen LogP contribution in [0, 0.1) is 0 Å². The summed E-state index contributed by atoms with van der Waals surface area (Å²) < 4.78 is 10.2. The highest BCUT2D eigenvalue weighted by molar-refractivity contribution is 6.12. The van der Waals surface area contributed by atoms with E-state index in [4.69, 9.17) is 9.47 Å². The smallest absolute Gasteiger partial charge is 0.200 e. The summed E-state index contributed by atoms with van der Waals surface area (Å²) in [5.41, 5.74) is 0.389. The van der Waals surface area contributed by atoms with E-state index < -0.39 is 5.78 Å². The molecule has 0 aliphatic heterocycles. The van der Waals surface area contributed by atoms with Gasteiger partial charge in [-0.05, 0) is 24.3 Å². The van der Waals surface area contributed by atoms with Crippen LogP contribution in [0.15, 0.2) is 36.4 Å². The Hall–Kier alpha value is -2.69. The van der Waals surface area contributed by atoms with Crippen LogP contribution in [0.5, 0.6) is 23.0 Å². The number of phenols is 2. The second-order valence-corrected chi connectivity index (χ2v) is 4.10. The minimum atomic E-state index is -0.401. The van der Waals surface area contributed by atoms with Crippen molar-refractivity contribution in [3.8, 4) is 23.0 Å². The Balaban J connectivity index is 2.47. The first-order valence-corrected chi connectivity index (χ1v) is 5.85. The maximum Gasteiger partial charge on any atom is 0.200 e. The van der Waals surface area contributed by atoms with Gasteiger partial charge < -0.3 is 19.7 Å². The van der Waals surface area contributed by atoms with Gasteiger partial charge in [0.05, 0.1) is 25.3 Å². The number of hydrogen-bond acceptors (Lipinski definition) is 5. The number of ether oxygens (including phenoxy) is 2. The minimum Gasteiger partial charge on any atom is -0.508 e. The lowest BCUT2D eigenvalue weighted by molar-refractivity contribution is 0.103. The van der Waals surface area contributed by atoms with Gasteiger partial charge in [0, 0.05) is 12.1 Å². The third kappa shape index (κ3) is 2.51. The molecule has 2 aromatic rings. The summed E-state index contributed by atoms with van der Waals surface area (Å²) in [6.45, 7) is 0. The highest BCUT2D eigenvalue weighted by Crippen LogP contribution is 2.30. The molecule has 5 nitrogen and oxygen atoms in total. The van der Waals surface area contributed by atoms with E-state index in [2.05, 4.69) is 0 Å². The molecule has 0 aromatic heterocycles. The zero-order chi connectivity index (χ0) is 14.7. The summed E-state index contributed by atoms with van der Waals surface area (Å²) in [5.74, 6) is 0.116. The van der Waals surface area contributed by atoms with Crippen molar-refractivity contribution in [1.29, 1.82) is 0 Å². The van der Waals surface area contributed by atoms with E-state index in [0.29, 0.717) is 17.1 Å². The lowest BCUT2D eigenvalue weighted by atomic mass is 10.0. The summed E-state index contributed by atoms with van der Waals surface area (Å²) in [5, 5.41) is 19.0. The number of hydrogen-bond donors (Lipinski definition) is 2. The Kier molecular flexibility index (Phi) is 3.79. The van der Waals surface area contributed by atoms with Gasteiger partial charge in [-0.2, -0.15) is 0 Å². The van der Waals surface area contributed by atoms with Crippen molar-refractivity contribution in [3.63, 3.8) is 0 Å². The van der Waals surface area contributed by atoms with Gasteiger partial charge in [0.15, 0.2) is 5.78 Å². The predicted molar refractivity (Wildman–Crippen MR) is 72.8 cm³/mol. The largest absolute Gasteiger partial charge is 0.508 e. The molecule has 0 radical (unpaired) electrons. The molecule has 2 aromatic carbocycles. The first kappa shape index (κ1) is 13.7. The van der Waals surface area contributed by atoms with Gasteiger partial charge in [-0.15, -0.1) is 0 Å². The average molecular weight is 274 g/mol. The van der Waals surface area contributed by atoms with Crippen LogP contribution in [0.25, 0.3) is 0 Å². The standard InChI is InChI=1S/C15H14O5/c1-19-10-4-6-12(14(8-10)20-2)15(18)11-5-3-9(16)7-13(11)17/h3-8,16-17H,1-2H3. The lowest BCUT2D eigenvalue weighted by Gasteiger charge is -2.10. The highest BCUT2D eigenvalue weighted by Gasteiger charge is 2.18. The number of rotatable bonds is 4. The molecule has 0 saturated carbocycles. The zero-order valence-corrected chi connectivity index (χ0v) is 11.1. The average Bonchev–Trinajstić information content (AvgIpc) is 2.46. The third-order valence-electron chi connectivity index (χ3n) is 2.88. The van der Waals surface area contributed by atoms with Crippen molar-refractivity contribution in [2.75, 3.05) is 14.2 Å². The highest BCUT2D eigenvalue weighted by atomic mass is 16.5. The van der Waals surface area contributed by atoms with Crippen molar-refractivity contribution in [3.05, 3.63) is 47.5 Å². The summed E-state index contributed by atoms with van der Waals surface area (Å²) in [6, 6.07) is 8.59. The molecule has 0 unspecified atom stereocenters. The van der Waals surface area contributed by atoms with Gasteiger partial charge in [0.2, 0.25) is 0 Å². The normalized spacial score (nSPS) is 10.1. The second-order valence-electron chi connectivity index (χ2n) is 4.10. The van der Waals surface area contributed by atoms with Crippen LogP contribution in [-0.2, 0) is 0 Å². The Labute approximate surface area is 116 Å². The van der Waals surface area contributed by atoms with Crippen molar-refractivity contribution in [1.82, 2.24) is 0 Å². The lowest BCUT2D eigenvalue weighted by Crippen LogP contribution is -2.04. The maximum atomic E-state index is 12.4. The molecule has 104 valence electrons. The number of benzene rings is 2. The summed E-state index contributed by atoms with van der Waals surface area (Å²) in [6.07, 6.45) is 0. The predicted octanol–water partition coefficient (Wildman–Crippen LogP) is 2.35.